The fourth-order valence-corrected chi connectivity index (χ4v) is 1.38. The molecule has 3 nitrogen and oxygen atoms in total. The molecule has 2 rings (SSSR count). The van der Waals surface area contributed by atoms with Gasteiger partial charge in [0.2, 0.25) is 0 Å². The van der Waals surface area contributed by atoms with E-state index < -0.39 is 0 Å². The van der Waals surface area contributed by atoms with E-state index in [4.69, 9.17) is 4.74 Å². The van der Waals surface area contributed by atoms with Gasteiger partial charge < -0.3 is 4.74 Å². The van der Waals surface area contributed by atoms with Gasteiger partial charge >= 0.3 is 0 Å². The molecule has 0 radical (unpaired) electrons. The van der Waals surface area contributed by atoms with Gasteiger partial charge in [0.25, 0.3) is 0 Å². The minimum absolute atomic E-state index is 0.255. The molecule has 0 saturated heterocycles. The Hall–Kier alpha value is -1.84. The summed E-state index contributed by atoms with van der Waals surface area (Å²) in [5.74, 6) is 0.417. The van der Waals surface area contributed by atoms with Crippen LogP contribution in [0.3, 0.4) is 0 Å². The van der Waals surface area contributed by atoms with Crippen molar-refractivity contribution in [2.45, 2.75) is 13.5 Å². The second-order valence-corrected chi connectivity index (χ2v) is 3.58. The smallest absolute Gasteiger partial charge is 0.123 e. The summed E-state index contributed by atoms with van der Waals surface area (Å²) >= 11 is 0. The first-order valence-electron chi connectivity index (χ1n) is 5.11. The number of hydrogen-bond donors (Lipinski definition) is 0. The van der Waals surface area contributed by atoms with Crippen LogP contribution in [0.4, 0.5) is 4.39 Å². The molecule has 16 heavy (non-hydrogen) atoms. The summed E-state index contributed by atoms with van der Waals surface area (Å²) in [5.41, 5.74) is 1.13. The predicted molar refractivity (Wildman–Crippen MR) is 58.9 cm³/mol. The highest BCUT2D eigenvalue weighted by Gasteiger charge is 1.96. The van der Waals surface area contributed by atoms with Crippen LogP contribution in [0.2, 0.25) is 0 Å². The Kier molecular flexibility index (Phi) is 3.19. The summed E-state index contributed by atoms with van der Waals surface area (Å²) in [6, 6.07) is 5.99. The largest absolute Gasteiger partial charge is 0.492 e. The van der Waals surface area contributed by atoms with Crippen LogP contribution < -0.4 is 4.74 Å². The van der Waals surface area contributed by atoms with Gasteiger partial charge in [0.15, 0.2) is 0 Å². The summed E-state index contributed by atoms with van der Waals surface area (Å²) in [6.07, 6.45) is 3.76. The van der Waals surface area contributed by atoms with Crippen molar-refractivity contribution in [1.82, 2.24) is 9.78 Å². The molecule has 0 aliphatic carbocycles. The highest BCUT2D eigenvalue weighted by Crippen LogP contribution is 2.10. The molecule has 0 aliphatic rings. The van der Waals surface area contributed by atoms with Crippen molar-refractivity contribution in [2.75, 3.05) is 6.61 Å². The Bertz CT molecular complexity index is 450. The topological polar surface area (TPSA) is 27.1 Å². The molecule has 0 saturated carbocycles. The molecule has 0 bridgehead atoms. The van der Waals surface area contributed by atoms with Gasteiger partial charge in [0.1, 0.15) is 18.2 Å². The van der Waals surface area contributed by atoms with Crippen molar-refractivity contribution in [3.05, 3.63) is 48.0 Å². The number of rotatable bonds is 4. The maximum atomic E-state index is 12.6. The third-order valence-corrected chi connectivity index (χ3v) is 2.17. The zero-order chi connectivity index (χ0) is 11.4. The number of benzene rings is 1. The van der Waals surface area contributed by atoms with Crippen molar-refractivity contribution < 1.29 is 9.13 Å². The van der Waals surface area contributed by atoms with Crippen LogP contribution in [-0.4, -0.2) is 16.4 Å². The molecule has 0 aliphatic heterocycles. The van der Waals surface area contributed by atoms with E-state index in [1.165, 1.54) is 12.1 Å². The van der Waals surface area contributed by atoms with E-state index in [0.717, 1.165) is 5.56 Å². The molecule has 2 aromatic rings. The molecule has 1 heterocycles. The molecular weight excluding hydrogens is 207 g/mol. The van der Waals surface area contributed by atoms with E-state index in [1.807, 2.05) is 17.8 Å². The summed E-state index contributed by atoms with van der Waals surface area (Å²) in [7, 11) is 0. The van der Waals surface area contributed by atoms with Crippen LogP contribution in [0.5, 0.6) is 5.75 Å². The monoisotopic (exact) mass is 220 g/mol. The van der Waals surface area contributed by atoms with E-state index in [2.05, 4.69) is 5.10 Å². The second kappa shape index (κ2) is 4.79. The fraction of sp³-hybridized carbons (Fsp3) is 0.250. The fourth-order valence-electron chi connectivity index (χ4n) is 1.38. The number of ether oxygens (including phenoxy) is 1. The standard InChI is InChI=1S/C12H13FN2O/c1-10-8-14-15(9-10)6-7-16-12-4-2-11(13)3-5-12/h2-5,8-9H,6-7H2,1H3. The lowest BCUT2D eigenvalue weighted by Crippen LogP contribution is -2.08. The minimum atomic E-state index is -0.255. The van der Waals surface area contributed by atoms with E-state index in [0.29, 0.717) is 18.9 Å². The predicted octanol–water partition coefficient (Wildman–Crippen LogP) is 2.41. The number of aryl methyl sites for hydroxylation is 1. The second-order valence-electron chi connectivity index (χ2n) is 3.58. The van der Waals surface area contributed by atoms with Gasteiger partial charge in [-0.3, -0.25) is 4.68 Å². The van der Waals surface area contributed by atoms with Gasteiger partial charge in [-0.25, -0.2) is 4.39 Å². The number of nitrogens with zero attached hydrogens (tertiary/aromatic N) is 2. The highest BCUT2D eigenvalue weighted by atomic mass is 19.1. The summed E-state index contributed by atoms with van der Waals surface area (Å²) in [5, 5.41) is 4.14. The van der Waals surface area contributed by atoms with E-state index in [9.17, 15) is 4.39 Å². The maximum absolute atomic E-state index is 12.6. The quantitative estimate of drug-likeness (QED) is 0.791. The number of hydrogen-bond acceptors (Lipinski definition) is 2. The van der Waals surface area contributed by atoms with Crippen molar-refractivity contribution >= 4 is 0 Å². The van der Waals surface area contributed by atoms with Crippen LogP contribution in [-0.2, 0) is 6.54 Å². The van der Waals surface area contributed by atoms with Crippen molar-refractivity contribution in [2.24, 2.45) is 0 Å². The molecule has 1 aromatic carbocycles. The molecule has 0 N–H and O–H groups in total. The summed E-state index contributed by atoms with van der Waals surface area (Å²) in [4.78, 5) is 0. The summed E-state index contributed by atoms with van der Waals surface area (Å²) in [6.45, 7) is 3.20. The minimum Gasteiger partial charge on any atom is -0.492 e. The SMILES string of the molecule is Cc1cnn(CCOc2ccc(F)cc2)c1. The van der Waals surface area contributed by atoms with Crippen molar-refractivity contribution in [3.8, 4) is 5.75 Å². The lowest BCUT2D eigenvalue weighted by atomic mass is 10.3. The molecule has 0 spiro atoms. The van der Waals surface area contributed by atoms with Gasteiger partial charge in [0, 0.05) is 6.20 Å². The Balaban J connectivity index is 1.82. The number of aromatic nitrogens is 2. The number of halogens is 1. The summed E-state index contributed by atoms with van der Waals surface area (Å²) < 4.78 is 19.9. The van der Waals surface area contributed by atoms with Gasteiger partial charge in [-0.05, 0) is 36.8 Å². The van der Waals surface area contributed by atoms with Crippen LogP contribution in [0.15, 0.2) is 36.7 Å². The Morgan fingerprint density at radius 3 is 2.69 bits per heavy atom. The molecule has 84 valence electrons. The first-order chi connectivity index (χ1) is 7.74. The molecule has 4 heteroatoms. The molecule has 1 aromatic heterocycles. The van der Waals surface area contributed by atoms with Crippen LogP contribution >= 0.6 is 0 Å². The maximum Gasteiger partial charge on any atom is 0.123 e. The Morgan fingerprint density at radius 2 is 2.06 bits per heavy atom. The first-order valence-corrected chi connectivity index (χ1v) is 5.11. The van der Waals surface area contributed by atoms with Gasteiger partial charge in [-0.15, -0.1) is 0 Å². The molecular formula is C12H13FN2O. The molecule has 0 atom stereocenters. The normalized spacial score (nSPS) is 10.4. The molecule has 0 amide bonds. The average Bonchev–Trinajstić information content (AvgIpc) is 2.67. The van der Waals surface area contributed by atoms with Crippen LogP contribution in [0.25, 0.3) is 0 Å². The van der Waals surface area contributed by atoms with E-state index >= 15 is 0 Å². The van der Waals surface area contributed by atoms with Crippen molar-refractivity contribution in [1.29, 1.82) is 0 Å². The van der Waals surface area contributed by atoms with Crippen LogP contribution in [0.1, 0.15) is 5.56 Å². The Labute approximate surface area is 93.5 Å². The van der Waals surface area contributed by atoms with E-state index in [1.54, 1.807) is 18.3 Å². The lowest BCUT2D eigenvalue weighted by molar-refractivity contribution is 0.291. The molecule has 0 fully saturated rings. The third-order valence-electron chi connectivity index (χ3n) is 2.17. The van der Waals surface area contributed by atoms with Crippen molar-refractivity contribution in [3.63, 3.8) is 0 Å². The first kappa shape index (κ1) is 10.7. The Morgan fingerprint density at radius 1 is 1.31 bits per heavy atom. The van der Waals surface area contributed by atoms with Crippen LogP contribution in [0, 0.1) is 12.7 Å². The zero-order valence-corrected chi connectivity index (χ0v) is 9.06. The average molecular weight is 220 g/mol. The highest BCUT2D eigenvalue weighted by molar-refractivity contribution is 5.21. The van der Waals surface area contributed by atoms with Gasteiger partial charge in [0.05, 0.1) is 12.7 Å². The van der Waals surface area contributed by atoms with Gasteiger partial charge in [-0.1, -0.05) is 0 Å². The van der Waals surface area contributed by atoms with Gasteiger partial charge in [-0.2, -0.15) is 5.10 Å². The third kappa shape index (κ3) is 2.82. The van der Waals surface area contributed by atoms with E-state index in [-0.39, 0.29) is 5.82 Å². The molecule has 0 unspecified atom stereocenters. The zero-order valence-electron chi connectivity index (χ0n) is 9.06. The lowest BCUT2D eigenvalue weighted by Gasteiger charge is -2.05.